The zero-order valence-corrected chi connectivity index (χ0v) is 40.5. The van der Waals surface area contributed by atoms with E-state index in [-0.39, 0.29) is 20.4 Å². The van der Waals surface area contributed by atoms with Crippen LogP contribution in [-0.4, -0.2) is 11.9 Å². The van der Waals surface area contributed by atoms with Crippen LogP contribution in [0.4, 0.5) is 11.4 Å². The molecule has 59 heavy (non-hydrogen) atoms. The third-order valence-corrected chi connectivity index (χ3v) is 11.8. The van der Waals surface area contributed by atoms with Crippen molar-refractivity contribution in [3.05, 3.63) is 71.8 Å². The summed E-state index contributed by atoms with van der Waals surface area (Å²) in [6.07, 6.45) is 59.1. The van der Waals surface area contributed by atoms with E-state index in [9.17, 15) is 0 Å². The smallest absolute Gasteiger partial charge is 0.0634 e. The van der Waals surface area contributed by atoms with Crippen LogP contribution in [0.25, 0.3) is 12.2 Å². The number of aliphatic imine (C=N–C) groups is 2. The molecule has 0 aromatic heterocycles. The van der Waals surface area contributed by atoms with Crippen LogP contribution in [0.1, 0.15) is 257 Å². The van der Waals surface area contributed by atoms with Crippen LogP contribution < -0.4 is 0 Å². The molecule has 0 fully saturated rings. The molecule has 0 radical (unpaired) electrons. The van der Waals surface area contributed by atoms with Gasteiger partial charge in [-0.15, -0.1) is 0 Å². The van der Waals surface area contributed by atoms with Crippen molar-refractivity contribution in [1.82, 2.24) is 0 Å². The average Bonchev–Trinajstić information content (AvgIpc) is 3.25. The molecular weight excluding hydrogens is 807 g/mol. The van der Waals surface area contributed by atoms with E-state index in [0.717, 1.165) is 29.9 Å². The summed E-state index contributed by atoms with van der Waals surface area (Å²) in [4.78, 5) is 9.90. The fourth-order valence-corrected chi connectivity index (χ4v) is 7.88. The van der Waals surface area contributed by atoms with E-state index in [0.29, 0.717) is 0 Å². The predicted molar refractivity (Wildman–Crippen MR) is 265 cm³/mol. The SMILES string of the molecule is CCCCCCCCCCCCCCCCC=Cc1ccc(N=CC(CCCCCC)=Nc2ccc(C=CCCCCCCCCCCCCCCCC)cc2)cc1.[Pd]. The summed E-state index contributed by atoms with van der Waals surface area (Å²) >= 11 is 0. The van der Waals surface area contributed by atoms with Crippen molar-refractivity contribution in [3.63, 3.8) is 0 Å². The number of allylic oxidation sites excluding steroid dienone is 2. The number of rotatable bonds is 40. The molecule has 0 heterocycles. The molecule has 0 saturated heterocycles. The van der Waals surface area contributed by atoms with Gasteiger partial charge < -0.3 is 0 Å². The molecule has 0 atom stereocenters. The van der Waals surface area contributed by atoms with E-state index >= 15 is 0 Å². The van der Waals surface area contributed by atoms with Gasteiger partial charge in [0.2, 0.25) is 0 Å². The molecule has 0 aliphatic rings. The largest absolute Gasteiger partial charge is 0.255 e. The Morgan fingerprint density at radius 3 is 1.03 bits per heavy atom. The third kappa shape index (κ3) is 34.2. The average molecular weight is 900 g/mol. The second-order valence-electron chi connectivity index (χ2n) is 17.4. The number of hydrogen-bond donors (Lipinski definition) is 0. The van der Waals surface area contributed by atoms with Gasteiger partial charge in [0.15, 0.2) is 0 Å². The van der Waals surface area contributed by atoms with Crippen LogP contribution in [0, 0.1) is 0 Å². The van der Waals surface area contributed by atoms with Crippen LogP contribution in [0.15, 0.2) is 70.7 Å². The van der Waals surface area contributed by atoms with Gasteiger partial charge in [-0.05, 0) is 73.9 Å². The van der Waals surface area contributed by atoms with Crippen molar-refractivity contribution in [3.8, 4) is 0 Å². The normalized spacial score (nSPS) is 12.1. The number of benzene rings is 2. The van der Waals surface area contributed by atoms with Gasteiger partial charge in [0.25, 0.3) is 0 Å². The van der Waals surface area contributed by atoms with Gasteiger partial charge in [0.05, 0.1) is 17.1 Å². The van der Waals surface area contributed by atoms with E-state index in [2.05, 4.69) is 93.6 Å². The summed E-state index contributed by atoms with van der Waals surface area (Å²) in [6.45, 7) is 6.87. The van der Waals surface area contributed by atoms with Crippen molar-refractivity contribution >= 4 is 35.5 Å². The van der Waals surface area contributed by atoms with Crippen LogP contribution in [-0.2, 0) is 20.4 Å². The van der Waals surface area contributed by atoms with Crippen molar-refractivity contribution in [2.45, 2.75) is 245 Å². The molecule has 2 aromatic rings. The molecule has 0 aliphatic carbocycles. The second-order valence-corrected chi connectivity index (χ2v) is 17.4. The van der Waals surface area contributed by atoms with Crippen LogP contribution in [0.3, 0.4) is 0 Å². The maximum absolute atomic E-state index is 5.05. The first-order valence-electron chi connectivity index (χ1n) is 25.4. The molecule has 0 unspecified atom stereocenters. The Morgan fingerprint density at radius 2 is 0.678 bits per heavy atom. The molecule has 0 spiro atoms. The fraction of sp³-hybridized carbons (Fsp3) is 0.679. The number of nitrogens with zero attached hydrogens (tertiary/aromatic N) is 2. The van der Waals surface area contributed by atoms with Crippen molar-refractivity contribution in [2.24, 2.45) is 9.98 Å². The Balaban J connectivity index is 0.0000174. The summed E-state index contributed by atoms with van der Waals surface area (Å²) in [6, 6.07) is 17.4. The zero-order valence-electron chi connectivity index (χ0n) is 39.0. The molecular formula is C56H92N2Pd. The molecule has 0 saturated carbocycles. The number of unbranched alkanes of at least 4 members (excludes halogenated alkanes) is 31. The van der Waals surface area contributed by atoms with Gasteiger partial charge in [0, 0.05) is 26.6 Å². The Bertz CT molecular complexity index is 1290. The van der Waals surface area contributed by atoms with Crippen molar-refractivity contribution in [2.75, 3.05) is 0 Å². The minimum atomic E-state index is 0. The first kappa shape index (κ1) is 54.9. The Morgan fingerprint density at radius 1 is 0.373 bits per heavy atom. The van der Waals surface area contributed by atoms with Gasteiger partial charge in [0.1, 0.15) is 0 Å². The van der Waals surface area contributed by atoms with E-state index in [4.69, 9.17) is 9.98 Å². The first-order chi connectivity index (χ1) is 28.7. The van der Waals surface area contributed by atoms with E-state index in [1.165, 1.54) is 223 Å². The van der Waals surface area contributed by atoms with Crippen LogP contribution in [0.2, 0.25) is 0 Å². The summed E-state index contributed by atoms with van der Waals surface area (Å²) in [5.41, 5.74) is 5.59. The third-order valence-electron chi connectivity index (χ3n) is 11.8. The minimum Gasteiger partial charge on any atom is -0.255 e. The molecule has 0 aliphatic heterocycles. The summed E-state index contributed by atoms with van der Waals surface area (Å²) < 4.78 is 0. The van der Waals surface area contributed by atoms with E-state index < -0.39 is 0 Å². The van der Waals surface area contributed by atoms with Gasteiger partial charge in [-0.25, -0.2) is 0 Å². The van der Waals surface area contributed by atoms with Crippen LogP contribution in [0.5, 0.6) is 0 Å². The van der Waals surface area contributed by atoms with E-state index in [1.807, 2.05) is 6.21 Å². The zero-order chi connectivity index (χ0) is 41.2. The molecule has 0 amide bonds. The topological polar surface area (TPSA) is 24.7 Å². The standard InChI is InChI=1S/C56H92N2.Pd/c1-4-7-10-13-15-17-19-21-23-25-27-29-31-33-35-37-40-52-43-47-54(48-44-52)57-51-56(42-39-12-9-6-3)58-55-49-45-53(46-50-55)41-38-36-34-32-30-28-26-24-22-20-18-16-14-11-8-5-2;/h37-38,40-41,43-51H,4-36,39,42H2,1-3H3;. The predicted octanol–water partition coefficient (Wildman–Crippen LogP) is 19.9. The summed E-state index contributed by atoms with van der Waals surface area (Å²) in [5, 5.41) is 0. The quantitative estimate of drug-likeness (QED) is 0.0362. The van der Waals surface area contributed by atoms with Gasteiger partial charge >= 0.3 is 0 Å². The number of hydrogen-bond acceptors (Lipinski definition) is 2. The molecule has 2 aromatic carbocycles. The second kappa shape index (κ2) is 42.6. The molecule has 3 heteroatoms. The maximum Gasteiger partial charge on any atom is 0.0634 e. The molecule has 2 nitrogen and oxygen atoms in total. The molecule has 0 N–H and O–H groups in total. The van der Waals surface area contributed by atoms with E-state index in [1.54, 1.807) is 0 Å². The molecule has 2 rings (SSSR count). The van der Waals surface area contributed by atoms with Crippen molar-refractivity contribution < 1.29 is 20.4 Å². The Kier molecular flexibility index (Phi) is 39.7. The fourth-order valence-electron chi connectivity index (χ4n) is 7.88. The van der Waals surface area contributed by atoms with Gasteiger partial charge in [-0.2, -0.15) is 0 Å². The summed E-state index contributed by atoms with van der Waals surface area (Å²) in [7, 11) is 0. The minimum absolute atomic E-state index is 0. The Hall–Kier alpha value is -2.08. The summed E-state index contributed by atoms with van der Waals surface area (Å²) in [5.74, 6) is 0. The van der Waals surface area contributed by atoms with Gasteiger partial charge in [-0.1, -0.05) is 256 Å². The monoisotopic (exact) mass is 899 g/mol. The molecule has 0 bridgehead atoms. The Labute approximate surface area is 381 Å². The maximum atomic E-state index is 5.05. The van der Waals surface area contributed by atoms with Gasteiger partial charge in [-0.3, -0.25) is 9.98 Å². The molecule has 336 valence electrons. The van der Waals surface area contributed by atoms with Crippen molar-refractivity contribution in [1.29, 1.82) is 0 Å². The van der Waals surface area contributed by atoms with Crippen LogP contribution >= 0.6 is 0 Å². The first-order valence-corrected chi connectivity index (χ1v) is 25.4.